The first-order chi connectivity index (χ1) is 16.3. The average molecular weight is 501 g/mol. The van der Waals surface area contributed by atoms with Crippen LogP contribution >= 0.6 is 0 Å². The van der Waals surface area contributed by atoms with E-state index in [9.17, 15) is 33.9 Å². The standard InChI is InChI=1S/C19H32N8O8/c20-9(7-13(21)28)17(33)27-6-2-4-12(27)16(32)26-11(8-14(29)30)15(31)25-10(18(34)35)3-1-5-24-19(22)23/h9-12H,1-8,20H2,(H2,21,28)(H,25,31)(H,26,32)(H,29,30)(H,34,35)(H4,22,23,24). The SMILES string of the molecule is NC(=O)CC(N)C(=O)N1CCCC1C(=O)NC(CC(=O)O)C(=O)NC(CCCN=C(N)N)C(=O)O. The molecule has 1 aliphatic rings. The summed E-state index contributed by atoms with van der Waals surface area (Å²) in [4.78, 5) is 76.7. The second-order valence-corrected chi connectivity index (χ2v) is 7.97. The van der Waals surface area contributed by atoms with Crippen molar-refractivity contribution in [1.29, 1.82) is 0 Å². The van der Waals surface area contributed by atoms with Crippen LogP contribution in [0.3, 0.4) is 0 Å². The molecule has 35 heavy (non-hydrogen) atoms. The normalized spacial score (nSPS) is 17.5. The topological polar surface area (TPSA) is 287 Å². The van der Waals surface area contributed by atoms with Crippen molar-refractivity contribution in [2.45, 2.75) is 62.7 Å². The van der Waals surface area contributed by atoms with Gasteiger partial charge in [0.15, 0.2) is 5.96 Å². The van der Waals surface area contributed by atoms with E-state index < -0.39 is 72.6 Å². The van der Waals surface area contributed by atoms with Crippen LogP contribution in [0.5, 0.6) is 0 Å². The van der Waals surface area contributed by atoms with Gasteiger partial charge in [0.25, 0.3) is 0 Å². The molecular formula is C19H32N8O8. The van der Waals surface area contributed by atoms with Crippen molar-refractivity contribution in [3.63, 3.8) is 0 Å². The van der Waals surface area contributed by atoms with Gasteiger partial charge in [0.2, 0.25) is 23.6 Å². The number of nitrogens with zero attached hydrogens (tertiary/aromatic N) is 2. The van der Waals surface area contributed by atoms with Gasteiger partial charge in [0, 0.05) is 13.1 Å². The lowest BCUT2D eigenvalue weighted by molar-refractivity contribution is -0.145. The molecule has 0 spiro atoms. The summed E-state index contributed by atoms with van der Waals surface area (Å²) >= 11 is 0. The molecule has 0 saturated carbocycles. The van der Waals surface area contributed by atoms with Crippen molar-refractivity contribution in [3.8, 4) is 0 Å². The van der Waals surface area contributed by atoms with E-state index in [1.54, 1.807) is 0 Å². The van der Waals surface area contributed by atoms with Gasteiger partial charge < -0.3 is 48.7 Å². The zero-order chi connectivity index (χ0) is 26.7. The number of amides is 4. The minimum absolute atomic E-state index is 0.0613. The molecule has 1 rings (SSSR count). The number of nitrogens with two attached hydrogens (primary N) is 4. The Morgan fingerprint density at radius 2 is 1.66 bits per heavy atom. The number of aliphatic imine (C=N–C) groups is 1. The molecule has 1 fully saturated rings. The molecule has 1 heterocycles. The highest BCUT2D eigenvalue weighted by molar-refractivity contribution is 5.96. The third-order valence-corrected chi connectivity index (χ3v) is 5.15. The Hall–Kier alpha value is -3.95. The Kier molecular flexibility index (Phi) is 11.4. The second kappa shape index (κ2) is 13.7. The summed E-state index contributed by atoms with van der Waals surface area (Å²) < 4.78 is 0. The zero-order valence-corrected chi connectivity index (χ0v) is 19.0. The molecule has 16 nitrogen and oxygen atoms in total. The minimum Gasteiger partial charge on any atom is -0.481 e. The number of nitrogens with one attached hydrogen (secondary N) is 2. The molecular weight excluding hydrogens is 468 g/mol. The van der Waals surface area contributed by atoms with Gasteiger partial charge in [-0.25, -0.2) is 4.79 Å². The summed E-state index contributed by atoms with van der Waals surface area (Å²) in [6.07, 6.45) is -0.470. The average Bonchev–Trinajstić information content (AvgIpc) is 3.23. The lowest BCUT2D eigenvalue weighted by atomic mass is 10.1. The van der Waals surface area contributed by atoms with Gasteiger partial charge in [-0.2, -0.15) is 0 Å². The quantitative estimate of drug-likeness (QED) is 0.0642. The molecule has 0 aromatic rings. The number of guanidine groups is 1. The summed E-state index contributed by atoms with van der Waals surface area (Å²) in [6.45, 7) is 0.275. The van der Waals surface area contributed by atoms with Crippen LogP contribution in [0.25, 0.3) is 0 Å². The molecule has 196 valence electrons. The van der Waals surface area contributed by atoms with Crippen LogP contribution in [0, 0.1) is 0 Å². The number of carboxylic acids is 2. The Bertz CT molecular complexity index is 860. The number of hydrogen-bond donors (Lipinski definition) is 8. The van der Waals surface area contributed by atoms with Crippen LogP contribution in [0.4, 0.5) is 0 Å². The van der Waals surface area contributed by atoms with Crippen molar-refractivity contribution in [2.24, 2.45) is 27.9 Å². The van der Waals surface area contributed by atoms with Crippen LogP contribution in [-0.4, -0.2) is 93.9 Å². The van der Waals surface area contributed by atoms with Gasteiger partial charge in [-0.15, -0.1) is 0 Å². The van der Waals surface area contributed by atoms with Crippen LogP contribution in [0.1, 0.15) is 38.5 Å². The van der Waals surface area contributed by atoms with Crippen LogP contribution < -0.4 is 33.6 Å². The molecule has 16 heteroatoms. The van der Waals surface area contributed by atoms with E-state index in [1.807, 2.05) is 0 Å². The highest BCUT2D eigenvalue weighted by atomic mass is 16.4. The smallest absolute Gasteiger partial charge is 0.326 e. The van der Waals surface area contributed by atoms with E-state index in [1.165, 1.54) is 0 Å². The number of rotatable bonds is 14. The molecule has 1 saturated heterocycles. The third-order valence-electron chi connectivity index (χ3n) is 5.15. The van der Waals surface area contributed by atoms with E-state index in [-0.39, 0.29) is 38.3 Å². The molecule has 0 radical (unpaired) electrons. The molecule has 0 aliphatic carbocycles. The Morgan fingerprint density at radius 1 is 1.00 bits per heavy atom. The first kappa shape index (κ1) is 29.1. The summed E-state index contributed by atoms with van der Waals surface area (Å²) in [7, 11) is 0. The fraction of sp³-hybridized carbons (Fsp3) is 0.632. The summed E-state index contributed by atoms with van der Waals surface area (Å²) in [5.74, 6) is -6.31. The first-order valence-corrected chi connectivity index (χ1v) is 10.8. The lowest BCUT2D eigenvalue weighted by Gasteiger charge is -2.28. The van der Waals surface area contributed by atoms with Gasteiger partial charge >= 0.3 is 11.9 Å². The minimum atomic E-state index is -1.61. The predicted octanol–water partition coefficient (Wildman–Crippen LogP) is -4.24. The van der Waals surface area contributed by atoms with Gasteiger partial charge in [0.05, 0.1) is 18.9 Å². The van der Waals surface area contributed by atoms with E-state index in [2.05, 4.69) is 15.6 Å². The number of carboxylic acid groups (broad SMARTS) is 2. The van der Waals surface area contributed by atoms with E-state index in [0.29, 0.717) is 6.42 Å². The van der Waals surface area contributed by atoms with Crippen molar-refractivity contribution >= 4 is 41.5 Å². The maximum absolute atomic E-state index is 12.8. The largest absolute Gasteiger partial charge is 0.481 e. The van der Waals surface area contributed by atoms with Crippen LogP contribution in [-0.2, 0) is 28.8 Å². The third kappa shape index (κ3) is 9.83. The Morgan fingerprint density at radius 3 is 2.20 bits per heavy atom. The number of aliphatic carboxylic acids is 2. The summed E-state index contributed by atoms with van der Waals surface area (Å²) in [5, 5.41) is 23.0. The summed E-state index contributed by atoms with van der Waals surface area (Å²) in [6, 6.07) is -5.31. The fourth-order valence-electron chi connectivity index (χ4n) is 3.51. The second-order valence-electron chi connectivity index (χ2n) is 7.97. The molecule has 12 N–H and O–H groups in total. The Balaban J connectivity index is 2.89. The van der Waals surface area contributed by atoms with Gasteiger partial charge in [0.1, 0.15) is 18.1 Å². The van der Waals surface area contributed by atoms with Crippen LogP contribution in [0.15, 0.2) is 4.99 Å². The monoisotopic (exact) mass is 500 g/mol. The number of carbonyl (C=O) groups is 6. The maximum atomic E-state index is 12.8. The maximum Gasteiger partial charge on any atom is 0.326 e. The van der Waals surface area contributed by atoms with E-state index >= 15 is 0 Å². The van der Waals surface area contributed by atoms with E-state index in [4.69, 9.17) is 28.0 Å². The van der Waals surface area contributed by atoms with E-state index in [0.717, 1.165) is 4.90 Å². The van der Waals surface area contributed by atoms with Gasteiger partial charge in [-0.1, -0.05) is 0 Å². The van der Waals surface area contributed by atoms with Gasteiger partial charge in [-0.3, -0.25) is 29.0 Å². The molecule has 4 amide bonds. The Labute approximate surface area is 200 Å². The number of carbonyl (C=O) groups excluding carboxylic acids is 4. The van der Waals surface area contributed by atoms with Crippen molar-refractivity contribution in [2.75, 3.05) is 13.1 Å². The summed E-state index contributed by atoms with van der Waals surface area (Å²) in [5.41, 5.74) is 21.1. The highest BCUT2D eigenvalue weighted by Crippen LogP contribution is 2.19. The highest BCUT2D eigenvalue weighted by Gasteiger charge is 2.38. The number of hydrogen-bond acceptors (Lipinski definition) is 8. The van der Waals surface area contributed by atoms with Crippen molar-refractivity contribution in [1.82, 2.24) is 15.5 Å². The van der Waals surface area contributed by atoms with Crippen molar-refractivity contribution in [3.05, 3.63) is 0 Å². The molecule has 0 bridgehead atoms. The van der Waals surface area contributed by atoms with Crippen LogP contribution in [0.2, 0.25) is 0 Å². The fourth-order valence-corrected chi connectivity index (χ4v) is 3.51. The number of primary amides is 1. The molecule has 1 aliphatic heterocycles. The molecule has 4 unspecified atom stereocenters. The predicted molar refractivity (Wildman–Crippen MR) is 120 cm³/mol. The molecule has 4 atom stereocenters. The molecule has 0 aromatic heterocycles. The molecule has 0 aromatic carbocycles. The van der Waals surface area contributed by atoms with Gasteiger partial charge in [-0.05, 0) is 25.7 Å². The zero-order valence-electron chi connectivity index (χ0n) is 19.0. The number of likely N-dealkylation sites (tertiary alicyclic amines) is 1. The lowest BCUT2D eigenvalue weighted by Crippen LogP contribution is -2.57. The first-order valence-electron chi connectivity index (χ1n) is 10.8. The van der Waals surface area contributed by atoms with Crippen molar-refractivity contribution < 1.29 is 39.0 Å².